The van der Waals surface area contributed by atoms with Crippen LogP contribution >= 0.6 is 0 Å². The molecule has 0 aliphatic carbocycles. The molecular weight excluding hydrogens is 422 g/mol. The van der Waals surface area contributed by atoms with Crippen LogP contribution < -0.4 is 16.8 Å². The van der Waals surface area contributed by atoms with Crippen molar-refractivity contribution in [1.82, 2.24) is 25.3 Å². The molecule has 0 aliphatic rings. The number of fused-ring (bicyclic) bond motifs is 1. The Bertz CT molecular complexity index is 1210. The van der Waals surface area contributed by atoms with Gasteiger partial charge in [-0.25, -0.2) is 14.8 Å². The Hall–Kier alpha value is -4.75. The summed E-state index contributed by atoms with van der Waals surface area (Å²) in [6.07, 6.45) is 0.694. The third-order valence-electron chi connectivity index (χ3n) is 4.09. The molecule has 0 bridgehead atoms. The van der Waals surface area contributed by atoms with Gasteiger partial charge in [-0.3, -0.25) is 9.59 Å². The number of carbonyl (C=O) groups is 3. The van der Waals surface area contributed by atoms with E-state index in [1.54, 1.807) is 0 Å². The first kappa shape index (κ1) is 21.9. The molecule has 1 atom stereocenters. The first-order chi connectivity index (χ1) is 15.2. The summed E-state index contributed by atoms with van der Waals surface area (Å²) in [4.78, 5) is 50.0. The van der Waals surface area contributed by atoms with E-state index in [9.17, 15) is 14.4 Å². The third-order valence-corrected chi connectivity index (χ3v) is 4.09. The summed E-state index contributed by atoms with van der Waals surface area (Å²) in [5.41, 5.74) is 12.2. The SMILES string of the molecule is Nc1nc(N)c2nc(N=Nc3ccc(C(=O)N[C@@H](CCC(=O)O)C(=O)O)cc3)cnc2n1. The lowest BCUT2D eigenvalue weighted by Crippen LogP contribution is -2.41. The minimum atomic E-state index is -1.32. The van der Waals surface area contributed by atoms with E-state index in [-0.39, 0.29) is 47.2 Å². The topological polar surface area (TPSA) is 232 Å². The van der Waals surface area contributed by atoms with Gasteiger partial charge in [0.25, 0.3) is 5.91 Å². The van der Waals surface area contributed by atoms with Gasteiger partial charge in [-0.15, -0.1) is 10.2 Å². The predicted octanol–water partition coefficient (Wildman–Crippen LogP) is 1.05. The van der Waals surface area contributed by atoms with Crippen LogP contribution in [0.3, 0.4) is 0 Å². The normalized spacial score (nSPS) is 12.0. The molecule has 0 saturated heterocycles. The second-order valence-corrected chi connectivity index (χ2v) is 6.41. The van der Waals surface area contributed by atoms with Crippen molar-refractivity contribution in [3.8, 4) is 0 Å². The Morgan fingerprint density at radius 1 is 1.03 bits per heavy atom. The summed E-state index contributed by atoms with van der Waals surface area (Å²) < 4.78 is 0. The number of anilines is 2. The maximum atomic E-state index is 12.2. The van der Waals surface area contributed by atoms with Crippen LogP contribution in [0.4, 0.5) is 23.3 Å². The molecule has 14 nitrogen and oxygen atoms in total. The summed E-state index contributed by atoms with van der Waals surface area (Å²) in [7, 11) is 0. The number of nitrogens with two attached hydrogens (primary N) is 2. The summed E-state index contributed by atoms with van der Waals surface area (Å²) in [5, 5.41) is 28.0. The zero-order valence-corrected chi connectivity index (χ0v) is 16.3. The van der Waals surface area contributed by atoms with E-state index in [1.807, 2.05) is 0 Å². The molecule has 0 aliphatic heterocycles. The molecule has 32 heavy (non-hydrogen) atoms. The largest absolute Gasteiger partial charge is 0.481 e. The van der Waals surface area contributed by atoms with Gasteiger partial charge in [0.2, 0.25) is 5.95 Å². The summed E-state index contributed by atoms with van der Waals surface area (Å²) in [6.45, 7) is 0. The van der Waals surface area contributed by atoms with Gasteiger partial charge < -0.3 is 27.0 Å². The lowest BCUT2D eigenvalue weighted by atomic mass is 10.1. The molecule has 0 fully saturated rings. The highest BCUT2D eigenvalue weighted by atomic mass is 16.4. The molecule has 14 heteroatoms. The number of nitrogens with zero attached hydrogens (tertiary/aromatic N) is 6. The number of benzene rings is 1. The number of aromatic nitrogens is 4. The smallest absolute Gasteiger partial charge is 0.326 e. The highest BCUT2D eigenvalue weighted by Crippen LogP contribution is 2.21. The van der Waals surface area contributed by atoms with Gasteiger partial charge in [0, 0.05) is 12.0 Å². The van der Waals surface area contributed by atoms with Crippen LogP contribution in [0, 0.1) is 0 Å². The van der Waals surface area contributed by atoms with Crippen molar-refractivity contribution in [2.24, 2.45) is 10.2 Å². The Labute approximate surface area is 179 Å². The van der Waals surface area contributed by atoms with Crippen LogP contribution in [0.2, 0.25) is 0 Å². The molecule has 0 saturated carbocycles. The molecule has 1 amide bonds. The van der Waals surface area contributed by atoms with Crippen molar-refractivity contribution in [2.45, 2.75) is 18.9 Å². The number of carboxylic acids is 2. The van der Waals surface area contributed by atoms with Crippen LogP contribution in [-0.2, 0) is 9.59 Å². The Kier molecular flexibility index (Phi) is 6.43. The van der Waals surface area contributed by atoms with E-state index in [1.165, 1.54) is 30.5 Å². The standard InChI is InChI=1S/C18H17N9O5/c19-14-13-15(25-18(20)24-14)21-7-11(23-13)27-26-9-3-1-8(2-4-9)16(30)22-10(17(31)32)5-6-12(28)29/h1-4,7,10H,5-6H2,(H,22,30)(H,28,29)(H,31,32)(H4,19,20,21,24,25)/t10-/m0/s1. The Morgan fingerprint density at radius 3 is 2.41 bits per heavy atom. The Morgan fingerprint density at radius 2 is 1.75 bits per heavy atom. The summed E-state index contributed by atoms with van der Waals surface area (Å²) in [6, 6.07) is 4.48. The first-order valence-electron chi connectivity index (χ1n) is 9.06. The van der Waals surface area contributed by atoms with E-state index in [0.717, 1.165) is 0 Å². The number of nitrogens with one attached hydrogen (secondary N) is 1. The molecule has 2 heterocycles. The molecule has 0 radical (unpaired) electrons. The van der Waals surface area contributed by atoms with E-state index in [4.69, 9.17) is 21.7 Å². The van der Waals surface area contributed by atoms with Crippen LogP contribution in [0.25, 0.3) is 11.2 Å². The van der Waals surface area contributed by atoms with Gasteiger partial charge >= 0.3 is 11.9 Å². The van der Waals surface area contributed by atoms with Crippen LogP contribution in [-0.4, -0.2) is 54.0 Å². The predicted molar refractivity (Wildman–Crippen MR) is 110 cm³/mol. The third kappa shape index (κ3) is 5.44. The van der Waals surface area contributed by atoms with Crippen LogP contribution in [0.15, 0.2) is 40.7 Å². The van der Waals surface area contributed by atoms with Gasteiger partial charge in [-0.2, -0.15) is 9.97 Å². The van der Waals surface area contributed by atoms with Crippen molar-refractivity contribution < 1.29 is 24.6 Å². The van der Waals surface area contributed by atoms with Crippen molar-refractivity contribution in [1.29, 1.82) is 0 Å². The molecule has 0 unspecified atom stereocenters. The highest BCUT2D eigenvalue weighted by Gasteiger charge is 2.21. The van der Waals surface area contributed by atoms with Gasteiger partial charge in [-0.05, 0) is 30.7 Å². The van der Waals surface area contributed by atoms with Crippen molar-refractivity contribution in [3.63, 3.8) is 0 Å². The lowest BCUT2D eigenvalue weighted by molar-refractivity contribution is -0.140. The lowest BCUT2D eigenvalue weighted by Gasteiger charge is -2.13. The maximum Gasteiger partial charge on any atom is 0.326 e. The number of azo groups is 1. The molecule has 7 N–H and O–H groups in total. The maximum absolute atomic E-state index is 12.2. The molecule has 1 aromatic carbocycles. The average molecular weight is 439 g/mol. The van der Waals surface area contributed by atoms with Crippen LogP contribution in [0.5, 0.6) is 0 Å². The second-order valence-electron chi connectivity index (χ2n) is 6.41. The van der Waals surface area contributed by atoms with E-state index < -0.39 is 23.9 Å². The van der Waals surface area contributed by atoms with Crippen molar-refractivity contribution in [2.75, 3.05) is 11.5 Å². The number of aliphatic carboxylic acids is 2. The molecule has 0 spiro atoms. The molecule has 3 rings (SSSR count). The fourth-order valence-corrected chi connectivity index (χ4v) is 2.54. The van der Waals surface area contributed by atoms with Gasteiger partial charge in [0.1, 0.15) is 6.04 Å². The minimum absolute atomic E-state index is 0.0284. The number of hydrogen-bond donors (Lipinski definition) is 5. The number of hydrogen-bond acceptors (Lipinski definition) is 11. The fourth-order valence-electron chi connectivity index (χ4n) is 2.54. The van der Waals surface area contributed by atoms with E-state index >= 15 is 0 Å². The zero-order valence-electron chi connectivity index (χ0n) is 16.3. The molecule has 2 aromatic heterocycles. The van der Waals surface area contributed by atoms with E-state index in [0.29, 0.717) is 5.69 Å². The average Bonchev–Trinajstić information content (AvgIpc) is 2.75. The summed E-state index contributed by atoms with van der Waals surface area (Å²) in [5.74, 6) is -2.98. The minimum Gasteiger partial charge on any atom is -0.481 e. The summed E-state index contributed by atoms with van der Waals surface area (Å²) >= 11 is 0. The molecule has 3 aromatic rings. The quantitative estimate of drug-likeness (QED) is 0.311. The highest BCUT2D eigenvalue weighted by molar-refractivity contribution is 5.96. The zero-order chi connectivity index (χ0) is 23.3. The van der Waals surface area contributed by atoms with Crippen molar-refractivity contribution in [3.05, 3.63) is 36.0 Å². The molecular formula is C18H17N9O5. The van der Waals surface area contributed by atoms with Crippen LogP contribution in [0.1, 0.15) is 23.2 Å². The number of carbonyl (C=O) groups excluding carboxylic acids is 1. The number of rotatable bonds is 8. The first-order valence-corrected chi connectivity index (χ1v) is 9.06. The van der Waals surface area contributed by atoms with Crippen molar-refractivity contribution >= 4 is 52.3 Å². The Balaban J connectivity index is 1.69. The number of amides is 1. The second kappa shape index (κ2) is 9.38. The molecule has 164 valence electrons. The fraction of sp³-hybridized carbons (Fsp3) is 0.167. The van der Waals surface area contributed by atoms with Gasteiger partial charge in [0.05, 0.1) is 11.9 Å². The van der Waals surface area contributed by atoms with E-state index in [2.05, 4.69) is 35.5 Å². The monoisotopic (exact) mass is 439 g/mol. The number of nitrogen functional groups attached to an aromatic ring is 2. The van der Waals surface area contributed by atoms with Gasteiger partial charge in [0.15, 0.2) is 22.8 Å². The number of carboxylic acid groups (broad SMARTS) is 2. The van der Waals surface area contributed by atoms with Gasteiger partial charge in [-0.1, -0.05) is 0 Å².